The van der Waals surface area contributed by atoms with Crippen LogP contribution in [0, 0.1) is 5.92 Å². The molecule has 0 bridgehead atoms. The largest absolute Gasteiger partial charge is 0.497 e. The molecule has 0 aliphatic heterocycles. The molecule has 2 aromatic carbocycles. The van der Waals surface area contributed by atoms with Gasteiger partial charge in [0.1, 0.15) is 5.75 Å². The van der Waals surface area contributed by atoms with Crippen LogP contribution in [0.25, 0.3) is 0 Å². The summed E-state index contributed by atoms with van der Waals surface area (Å²) in [4.78, 5) is 12.4. The highest BCUT2D eigenvalue weighted by Crippen LogP contribution is 2.26. The number of ether oxygens (including phenoxy) is 1. The van der Waals surface area contributed by atoms with E-state index in [2.05, 4.69) is 19.2 Å². The Morgan fingerprint density at radius 3 is 2.44 bits per heavy atom. The Morgan fingerprint density at radius 1 is 1.15 bits per heavy atom. The number of carbonyl (C=O) groups excluding carboxylic acids is 1. The molecule has 0 heterocycles. The molecule has 3 nitrogen and oxygen atoms in total. The number of carbonyl (C=O) groups is 1. The van der Waals surface area contributed by atoms with Crippen molar-refractivity contribution in [1.82, 2.24) is 5.32 Å². The molecule has 0 unspecified atom stereocenters. The molecule has 0 fully saturated rings. The first-order chi connectivity index (χ1) is 12.9. The standard InChI is InChI=1S/C21H25Cl2NO2S/c1-14(2)10-20(15-5-8-18(26-3)9-6-15)24-21(25)13-27-12-16-4-7-17(22)11-19(16)23/h4-9,11,14,20H,10,12-13H2,1-3H3,(H,24,25)/t20-/m1/s1. The van der Waals surface area contributed by atoms with Crippen molar-refractivity contribution in [2.24, 2.45) is 5.92 Å². The van der Waals surface area contributed by atoms with E-state index in [1.807, 2.05) is 36.4 Å². The number of rotatable bonds is 9. The third-order valence-electron chi connectivity index (χ3n) is 4.07. The molecule has 0 radical (unpaired) electrons. The third kappa shape index (κ3) is 7.28. The first-order valence-electron chi connectivity index (χ1n) is 8.84. The molecule has 0 aromatic heterocycles. The second-order valence-electron chi connectivity index (χ2n) is 6.75. The van der Waals surface area contributed by atoms with Gasteiger partial charge in [0, 0.05) is 15.8 Å². The van der Waals surface area contributed by atoms with Gasteiger partial charge in [0.2, 0.25) is 5.91 Å². The highest BCUT2D eigenvalue weighted by Gasteiger charge is 2.16. The predicted octanol–water partition coefficient (Wildman–Crippen LogP) is 6.14. The first-order valence-corrected chi connectivity index (χ1v) is 10.7. The van der Waals surface area contributed by atoms with Crippen LogP contribution in [0.2, 0.25) is 10.0 Å². The molecule has 0 aliphatic rings. The van der Waals surface area contributed by atoms with Gasteiger partial charge in [0.25, 0.3) is 0 Å². The van der Waals surface area contributed by atoms with Crippen LogP contribution in [-0.2, 0) is 10.5 Å². The number of benzene rings is 2. The maximum absolute atomic E-state index is 12.4. The van der Waals surface area contributed by atoms with E-state index in [-0.39, 0.29) is 11.9 Å². The molecule has 0 saturated carbocycles. The SMILES string of the molecule is COc1ccc([C@@H](CC(C)C)NC(=O)CSCc2ccc(Cl)cc2Cl)cc1. The lowest BCUT2D eigenvalue weighted by molar-refractivity contribution is -0.119. The molecule has 6 heteroatoms. The minimum absolute atomic E-state index is 0.0110. The van der Waals surface area contributed by atoms with Gasteiger partial charge in [-0.25, -0.2) is 0 Å². The smallest absolute Gasteiger partial charge is 0.230 e. The molecule has 146 valence electrons. The van der Waals surface area contributed by atoms with Crippen molar-refractivity contribution >= 4 is 40.9 Å². The van der Waals surface area contributed by atoms with Crippen LogP contribution in [-0.4, -0.2) is 18.8 Å². The molecule has 1 amide bonds. The van der Waals surface area contributed by atoms with Crippen LogP contribution in [0.4, 0.5) is 0 Å². The zero-order valence-corrected chi connectivity index (χ0v) is 18.1. The summed E-state index contributed by atoms with van der Waals surface area (Å²) < 4.78 is 5.21. The molecule has 27 heavy (non-hydrogen) atoms. The zero-order valence-electron chi connectivity index (χ0n) is 15.8. The number of hydrogen-bond acceptors (Lipinski definition) is 3. The van der Waals surface area contributed by atoms with E-state index in [0.29, 0.717) is 27.5 Å². The fourth-order valence-corrected chi connectivity index (χ4v) is 4.11. The predicted molar refractivity (Wildman–Crippen MR) is 116 cm³/mol. The van der Waals surface area contributed by atoms with Gasteiger partial charge in [0.15, 0.2) is 0 Å². The van der Waals surface area contributed by atoms with Gasteiger partial charge >= 0.3 is 0 Å². The number of nitrogens with one attached hydrogen (secondary N) is 1. The van der Waals surface area contributed by atoms with Crippen molar-refractivity contribution in [2.75, 3.05) is 12.9 Å². The Bertz CT molecular complexity index is 750. The molecule has 0 aliphatic carbocycles. The van der Waals surface area contributed by atoms with Gasteiger partial charge in [-0.15, -0.1) is 11.8 Å². The Balaban J connectivity index is 1.92. The summed E-state index contributed by atoms with van der Waals surface area (Å²) in [6, 6.07) is 13.3. The minimum Gasteiger partial charge on any atom is -0.497 e. The highest BCUT2D eigenvalue weighted by atomic mass is 35.5. The quantitative estimate of drug-likeness (QED) is 0.524. The van der Waals surface area contributed by atoms with Crippen LogP contribution in [0.1, 0.15) is 37.4 Å². The van der Waals surface area contributed by atoms with Crippen LogP contribution in [0.3, 0.4) is 0 Å². The van der Waals surface area contributed by atoms with Gasteiger partial charge in [-0.05, 0) is 47.7 Å². The molecule has 1 N–H and O–H groups in total. The average molecular weight is 426 g/mol. The second-order valence-corrected chi connectivity index (χ2v) is 8.58. The highest BCUT2D eigenvalue weighted by molar-refractivity contribution is 7.99. The average Bonchev–Trinajstić information content (AvgIpc) is 2.62. The van der Waals surface area contributed by atoms with E-state index in [1.54, 1.807) is 13.2 Å². The summed E-state index contributed by atoms with van der Waals surface area (Å²) in [6.45, 7) is 4.31. The van der Waals surface area contributed by atoms with E-state index >= 15 is 0 Å². The van der Waals surface area contributed by atoms with E-state index in [4.69, 9.17) is 27.9 Å². The molecule has 2 aromatic rings. The van der Waals surface area contributed by atoms with Crippen LogP contribution in [0.15, 0.2) is 42.5 Å². The van der Waals surface area contributed by atoms with Gasteiger partial charge in [-0.1, -0.05) is 55.2 Å². The van der Waals surface area contributed by atoms with E-state index in [9.17, 15) is 4.79 Å². The fraction of sp³-hybridized carbons (Fsp3) is 0.381. The summed E-state index contributed by atoms with van der Waals surface area (Å²) in [5, 5.41) is 4.40. The summed E-state index contributed by atoms with van der Waals surface area (Å²) in [5.74, 6) is 2.35. The van der Waals surface area contributed by atoms with E-state index in [0.717, 1.165) is 23.3 Å². The maximum atomic E-state index is 12.4. The van der Waals surface area contributed by atoms with Crippen molar-refractivity contribution in [3.8, 4) is 5.75 Å². The molecule has 0 spiro atoms. The monoisotopic (exact) mass is 425 g/mol. The topological polar surface area (TPSA) is 38.3 Å². The Kier molecular flexibility index (Phi) is 8.81. The Labute approximate surface area is 175 Å². The fourth-order valence-electron chi connectivity index (χ4n) is 2.71. The number of methoxy groups -OCH3 is 1. The van der Waals surface area contributed by atoms with E-state index < -0.39 is 0 Å². The van der Waals surface area contributed by atoms with Gasteiger partial charge < -0.3 is 10.1 Å². The molecular formula is C21H25Cl2NO2S. The van der Waals surface area contributed by atoms with Crippen molar-refractivity contribution in [2.45, 2.75) is 32.1 Å². The lowest BCUT2D eigenvalue weighted by Gasteiger charge is -2.21. The van der Waals surface area contributed by atoms with Gasteiger partial charge in [-0.3, -0.25) is 4.79 Å². The van der Waals surface area contributed by atoms with Crippen molar-refractivity contribution in [1.29, 1.82) is 0 Å². The van der Waals surface area contributed by atoms with Crippen molar-refractivity contribution in [3.63, 3.8) is 0 Å². The first kappa shape index (κ1) is 21.9. The van der Waals surface area contributed by atoms with Crippen molar-refractivity contribution in [3.05, 3.63) is 63.6 Å². The molecule has 1 atom stereocenters. The summed E-state index contributed by atoms with van der Waals surface area (Å²) in [5.41, 5.74) is 2.07. The van der Waals surface area contributed by atoms with E-state index in [1.165, 1.54) is 11.8 Å². The number of thioether (sulfide) groups is 1. The Hall–Kier alpha value is -1.36. The minimum atomic E-state index is -0.0110. The second kappa shape index (κ2) is 10.8. The summed E-state index contributed by atoms with van der Waals surface area (Å²) in [6.07, 6.45) is 0.881. The lowest BCUT2D eigenvalue weighted by atomic mass is 9.97. The third-order valence-corrected chi connectivity index (χ3v) is 5.63. The Morgan fingerprint density at radius 2 is 1.85 bits per heavy atom. The van der Waals surface area contributed by atoms with Crippen LogP contribution in [0.5, 0.6) is 5.75 Å². The molecule has 0 saturated heterocycles. The molecular weight excluding hydrogens is 401 g/mol. The van der Waals surface area contributed by atoms with Crippen LogP contribution >= 0.6 is 35.0 Å². The normalized spacial score (nSPS) is 12.1. The number of hydrogen-bond donors (Lipinski definition) is 1. The number of halogens is 2. The summed E-state index contributed by atoms with van der Waals surface area (Å²) >= 11 is 13.6. The van der Waals surface area contributed by atoms with Crippen molar-refractivity contribution < 1.29 is 9.53 Å². The number of amides is 1. The van der Waals surface area contributed by atoms with Gasteiger partial charge in [0.05, 0.1) is 18.9 Å². The van der Waals surface area contributed by atoms with Gasteiger partial charge in [-0.2, -0.15) is 0 Å². The van der Waals surface area contributed by atoms with Crippen LogP contribution < -0.4 is 10.1 Å². The summed E-state index contributed by atoms with van der Waals surface area (Å²) in [7, 11) is 1.65. The molecule has 2 rings (SSSR count). The maximum Gasteiger partial charge on any atom is 0.230 e. The zero-order chi connectivity index (χ0) is 19.8. The lowest BCUT2D eigenvalue weighted by Crippen LogP contribution is -2.30.